The Labute approximate surface area is 110 Å². The third kappa shape index (κ3) is 2.03. The average Bonchev–Trinajstić information content (AvgIpc) is 3.07. The average molecular weight is 257 g/mol. The zero-order valence-electron chi connectivity index (χ0n) is 10.8. The molecule has 2 N–H and O–H groups in total. The molecule has 0 aromatic carbocycles. The lowest BCUT2D eigenvalue weighted by atomic mass is 10.2. The molecule has 0 radical (unpaired) electrons. The molecule has 1 atom stereocenters. The second-order valence-electron chi connectivity index (χ2n) is 4.30. The molecule has 7 heteroatoms. The summed E-state index contributed by atoms with van der Waals surface area (Å²) in [6.45, 7) is 4.00. The number of aromatic nitrogens is 6. The number of fused-ring (bicyclic) bond motifs is 1. The number of nitrogens with zero attached hydrogens (tertiary/aromatic N) is 5. The lowest BCUT2D eigenvalue weighted by Gasteiger charge is -2.15. The summed E-state index contributed by atoms with van der Waals surface area (Å²) in [5.74, 6) is 2.44. The first-order valence-electron chi connectivity index (χ1n) is 6.21. The van der Waals surface area contributed by atoms with Gasteiger partial charge >= 0.3 is 0 Å². The molecule has 0 fully saturated rings. The molecular weight excluding hydrogens is 242 g/mol. The number of rotatable bonds is 4. The van der Waals surface area contributed by atoms with E-state index in [4.69, 9.17) is 0 Å². The number of H-pyrrole nitrogens is 1. The van der Waals surface area contributed by atoms with Crippen molar-refractivity contribution >= 4 is 11.5 Å². The van der Waals surface area contributed by atoms with Crippen molar-refractivity contribution in [2.45, 2.75) is 26.3 Å². The molecule has 3 aromatic rings. The molecule has 0 spiro atoms. The maximum atomic E-state index is 4.34. The van der Waals surface area contributed by atoms with Gasteiger partial charge in [-0.05, 0) is 13.3 Å². The number of hydrogen-bond acceptors (Lipinski definition) is 5. The Morgan fingerprint density at radius 1 is 1.32 bits per heavy atom. The highest BCUT2D eigenvalue weighted by Gasteiger charge is 2.15. The molecule has 0 aliphatic rings. The zero-order chi connectivity index (χ0) is 13.2. The summed E-state index contributed by atoms with van der Waals surface area (Å²) in [5.41, 5.74) is 0.727. The summed E-state index contributed by atoms with van der Waals surface area (Å²) in [6.07, 6.45) is 8.04. The quantitative estimate of drug-likeness (QED) is 0.743. The van der Waals surface area contributed by atoms with Gasteiger partial charge < -0.3 is 10.3 Å². The van der Waals surface area contributed by atoms with Crippen molar-refractivity contribution in [3.05, 3.63) is 36.4 Å². The zero-order valence-corrected chi connectivity index (χ0v) is 10.8. The number of nitrogens with one attached hydrogen (secondary N) is 2. The van der Waals surface area contributed by atoms with Crippen molar-refractivity contribution in [3.63, 3.8) is 0 Å². The molecular formula is C12H15N7. The van der Waals surface area contributed by atoms with Crippen molar-refractivity contribution in [2.24, 2.45) is 0 Å². The van der Waals surface area contributed by atoms with Crippen LogP contribution in [0.4, 0.5) is 5.82 Å². The van der Waals surface area contributed by atoms with Crippen LogP contribution in [0.3, 0.4) is 0 Å². The van der Waals surface area contributed by atoms with Gasteiger partial charge in [0.2, 0.25) is 5.65 Å². The Morgan fingerprint density at radius 2 is 2.21 bits per heavy atom. The van der Waals surface area contributed by atoms with Crippen molar-refractivity contribution in [1.29, 1.82) is 0 Å². The topological polar surface area (TPSA) is 83.8 Å². The van der Waals surface area contributed by atoms with Crippen LogP contribution in [0.15, 0.2) is 24.8 Å². The van der Waals surface area contributed by atoms with E-state index in [1.807, 2.05) is 23.7 Å². The summed E-state index contributed by atoms with van der Waals surface area (Å²) in [6, 6.07) is 0.0747. The fraction of sp³-hybridized carbons (Fsp3) is 0.333. The van der Waals surface area contributed by atoms with Crippen LogP contribution in [0, 0.1) is 6.92 Å². The Balaban J connectivity index is 1.96. The molecule has 0 amide bonds. The summed E-state index contributed by atoms with van der Waals surface area (Å²) in [4.78, 5) is 11.7. The van der Waals surface area contributed by atoms with E-state index in [0.29, 0.717) is 5.82 Å². The number of aryl methyl sites for hydroxylation is 1. The van der Waals surface area contributed by atoms with Crippen LogP contribution in [0.25, 0.3) is 5.65 Å². The first kappa shape index (κ1) is 11.6. The van der Waals surface area contributed by atoms with Gasteiger partial charge in [-0.25, -0.2) is 9.97 Å². The lowest BCUT2D eigenvalue weighted by molar-refractivity contribution is 0.700. The van der Waals surface area contributed by atoms with Gasteiger partial charge in [0.15, 0.2) is 5.82 Å². The Morgan fingerprint density at radius 3 is 2.95 bits per heavy atom. The van der Waals surface area contributed by atoms with Gasteiger partial charge in [-0.1, -0.05) is 6.92 Å². The minimum Gasteiger partial charge on any atom is -0.357 e. The predicted molar refractivity (Wildman–Crippen MR) is 70.8 cm³/mol. The molecule has 0 aliphatic heterocycles. The van der Waals surface area contributed by atoms with Crippen LogP contribution in [-0.2, 0) is 0 Å². The fourth-order valence-corrected chi connectivity index (χ4v) is 2.04. The molecule has 98 valence electrons. The van der Waals surface area contributed by atoms with Gasteiger partial charge in [0.1, 0.15) is 11.6 Å². The molecule has 1 unspecified atom stereocenters. The van der Waals surface area contributed by atoms with Crippen molar-refractivity contribution in [2.75, 3.05) is 5.32 Å². The van der Waals surface area contributed by atoms with Crippen molar-refractivity contribution < 1.29 is 0 Å². The summed E-state index contributed by atoms with van der Waals surface area (Å²) >= 11 is 0. The molecule has 0 saturated heterocycles. The lowest BCUT2D eigenvalue weighted by Crippen LogP contribution is -2.13. The molecule has 3 aromatic heterocycles. The van der Waals surface area contributed by atoms with Gasteiger partial charge in [-0.3, -0.25) is 4.40 Å². The van der Waals surface area contributed by atoms with E-state index in [2.05, 4.69) is 37.4 Å². The fourth-order valence-electron chi connectivity index (χ4n) is 2.04. The molecule has 19 heavy (non-hydrogen) atoms. The normalized spacial score (nSPS) is 12.7. The Bertz CT molecular complexity index is 671. The second-order valence-corrected chi connectivity index (χ2v) is 4.30. The molecule has 3 rings (SSSR count). The second kappa shape index (κ2) is 4.68. The first-order valence-corrected chi connectivity index (χ1v) is 6.21. The highest BCUT2D eigenvalue weighted by molar-refractivity contribution is 5.62. The van der Waals surface area contributed by atoms with E-state index in [1.54, 1.807) is 12.4 Å². The third-order valence-corrected chi connectivity index (χ3v) is 3.07. The van der Waals surface area contributed by atoms with Gasteiger partial charge in [-0.15, -0.1) is 10.2 Å². The smallest absolute Gasteiger partial charge is 0.203 e. The van der Waals surface area contributed by atoms with Gasteiger partial charge in [0, 0.05) is 24.8 Å². The third-order valence-electron chi connectivity index (χ3n) is 3.07. The van der Waals surface area contributed by atoms with E-state index in [9.17, 15) is 0 Å². The van der Waals surface area contributed by atoms with Crippen LogP contribution >= 0.6 is 0 Å². The minimum absolute atomic E-state index is 0.0747. The highest BCUT2D eigenvalue weighted by atomic mass is 15.3. The van der Waals surface area contributed by atoms with Crippen LogP contribution in [0.2, 0.25) is 0 Å². The largest absolute Gasteiger partial charge is 0.357 e. The number of anilines is 1. The van der Waals surface area contributed by atoms with Crippen molar-refractivity contribution in [1.82, 2.24) is 29.5 Å². The monoisotopic (exact) mass is 257 g/mol. The number of aromatic amines is 1. The standard InChI is InChI=1S/C12H15N7/c1-3-9(10-13-4-5-14-10)16-11-12-18-17-8(2)19(12)7-6-15-11/h4-7,9H,3H2,1-2H3,(H,13,14)(H,15,16). The molecule has 7 nitrogen and oxygen atoms in total. The van der Waals surface area contributed by atoms with Crippen molar-refractivity contribution in [3.8, 4) is 0 Å². The Hall–Kier alpha value is -2.44. The molecule has 0 bridgehead atoms. The SMILES string of the molecule is CCC(Nc1nccn2c(C)nnc12)c1ncc[nH]1. The summed E-state index contributed by atoms with van der Waals surface area (Å²) in [5, 5.41) is 11.6. The van der Waals surface area contributed by atoms with E-state index in [0.717, 1.165) is 23.7 Å². The van der Waals surface area contributed by atoms with Gasteiger partial charge in [-0.2, -0.15) is 0 Å². The van der Waals surface area contributed by atoms with Gasteiger partial charge in [0.05, 0.1) is 6.04 Å². The van der Waals surface area contributed by atoms with E-state index in [1.165, 1.54) is 0 Å². The van der Waals surface area contributed by atoms with Crippen LogP contribution in [-0.4, -0.2) is 29.5 Å². The molecule has 3 heterocycles. The predicted octanol–water partition coefficient (Wildman–Crippen LogP) is 1.72. The van der Waals surface area contributed by atoms with Crippen LogP contribution in [0.1, 0.15) is 31.0 Å². The summed E-state index contributed by atoms with van der Waals surface area (Å²) in [7, 11) is 0. The van der Waals surface area contributed by atoms with E-state index >= 15 is 0 Å². The Kier molecular flexibility index (Phi) is 2.86. The van der Waals surface area contributed by atoms with E-state index < -0.39 is 0 Å². The van der Waals surface area contributed by atoms with Gasteiger partial charge in [0.25, 0.3) is 0 Å². The van der Waals surface area contributed by atoms with Crippen LogP contribution in [0.5, 0.6) is 0 Å². The van der Waals surface area contributed by atoms with E-state index in [-0.39, 0.29) is 6.04 Å². The minimum atomic E-state index is 0.0747. The highest BCUT2D eigenvalue weighted by Crippen LogP contribution is 2.20. The van der Waals surface area contributed by atoms with Crippen LogP contribution < -0.4 is 5.32 Å². The molecule has 0 saturated carbocycles. The molecule has 0 aliphatic carbocycles. The number of hydrogen-bond donors (Lipinski definition) is 2. The number of imidazole rings is 1. The maximum absolute atomic E-state index is 4.34. The maximum Gasteiger partial charge on any atom is 0.203 e. The first-order chi connectivity index (χ1) is 9.29. The summed E-state index contributed by atoms with van der Waals surface area (Å²) < 4.78 is 1.91.